The molecule has 0 heteroatoms. The number of hydrogen-bond acceptors (Lipinski definition) is 0. The Morgan fingerprint density at radius 3 is 2.08 bits per heavy atom. The Balaban J connectivity index is 4.84. The average Bonchev–Trinajstić information content (AvgIpc) is 2.01. The third kappa shape index (κ3) is 3.63. The molecule has 0 nitrogen and oxygen atoms in total. The SMILES string of the molecule is C=C/C=C(\C=C)C(CC)C(C)(C)C. The summed E-state index contributed by atoms with van der Waals surface area (Å²) in [5.41, 5.74) is 1.60. The van der Waals surface area contributed by atoms with Crippen LogP contribution in [0.15, 0.2) is 37.0 Å². The van der Waals surface area contributed by atoms with Gasteiger partial charge in [-0.3, -0.25) is 0 Å². The van der Waals surface area contributed by atoms with Crippen molar-refractivity contribution in [1.82, 2.24) is 0 Å². The molecule has 0 amide bonds. The quantitative estimate of drug-likeness (QED) is 0.561. The van der Waals surface area contributed by atoms with E-state index in [1.807, 2.05) is 12.2 Å². The van der Waals surface area contributed by atoms with Gasteiger partial charge in [0.25, 0.3) is 0 Å². The lowest BCUT2D eigenvalue weighted by atomic mass is 9.74. The standard InChI is InChI=1S/C13H22/c1-7-10-11(8-2)12(9-3)13(4,5)6/h7-8,10,12H,1-2,9H2,3-6H3/b11-10+. The van der Waals surface area contributed by atoms with Crippen LogP contribution in [-0.4, -0.2) is 0 Å². The molecule has 0 fully saturated rings. The predicted molar refractivity (Wildman–Crippen MR) is 61.7 cm³/mol. The summed E-state index contributed by atoms with van der Waals surface area (Å²) < 4.78 is 0. The summed E-state index contributed by atoms with van der Waals surface area (Å²) in [4.78, 5) is 0. The van der Waals surface area contributed by atoms with Crippen LogP contribution in [0.25, 0.3) is 0 Å². The first-order valence-electron chi connectivity index (χ1n) is 4.92. The fourth-order valence-electron chi connectivity index (χ4n) is 1.81. The summed E-state index contributed by atoms with van der Waals surface area (Å²) in [7, 11) is 0. The highest BCUT2D eigenvalue weighted by Gasteiger charge is 2.24. The second-order valence-corrected chi connectivity index (χ2v) is 4.43. The van der Waals surface area contributed by atoms with E-state index < -0.39 is 0 Å². The number of allylic oxidation sites excluding steroid dienone is 4. The molecule has 0 heterocycles. The Labute approximate surface area is 83.0 Å². The maximum atomic E-state index is 3.85. The van der Waals surface area contributed by atoms with Crippen LogP contribution in [0.2, 0.25) is 0 Å². The summed E-state index contributed by atoms with van der Waals surface area (Å²) in [6.45, 7) is 16.6. The van der Waals surface area contributed by atoms with Gasteiger partial charge in [-0.25, -0.2) is 0 Å². The van der Waals surface area contributed by atoms with Gasteiger partial charge in [-0.15, -0.1) is 0 Å². The monoisotopic (exact) mass is 178 g/mol. The molecule has 13 heavy (non-hydrogen) atoms. The molecule has 0 aliphatic heterocycles. The van der Waals surface area contributed by atoms with Crippen LogP contribution in [0.5, 0.6) is 0 Å². The summed E-state index contributed by atoms with van der Waals surface area (Å²) in [6.07, 6.45) is 6.99. The maximum Gasteiger partial charge on any atom is -0.0116 e. The minimum absolute atomic E-state index is 0.303. The lowest BCUT2D eigenvalue weighted by Crippen LogP contribution is -2.21. The van der Waals surface area contributed by atoms with Crippen molar-refractivity contribution in [2.75, 3.05) is 0 Å². The first kappa shape index (κ1) is 12.2. The minimum Gasteiger partial charge on any atom is -0.0991 e. The predicted octanol–water partition coefficient (Wildman–Crippen LogP) is 4.36. The molecule has 0 aliphatic carbocycles. The largest absolute Gasteiger partial charge is 0.0991 e. The highest BCUT2D eigenvalue weighted by atomic mass is 14.3. The average molecular weight is 178 g/mol. The zero-order valence-electron chi connectivity index (χ0n) is 9.43. The normalized spacial score (nSPS) is 15.2. The zero-order chi connectivity index (χ0) is 10.5. The highest BCUT2D eigenvalue weighted by molar-refractivity contribution is 5.25. The molecular weight excluding hydrogens is 156 g/mol. The Morgan fingerprint density at radius 1 is 1.31 bits per heavy atom. The van der Waals surface area contributed by atoms with Gasteiger partial charge in [-0.1, -0.05) is 59.1 Å². The van der Waals surface area contributed by atoms with Gasteiger partial charge in [0.15, 0.2) is 0 Å². The van der Waals surface area contributed by atoms with Crippen molar-refractivity contribution in [1.29, 1.82) is 0 Å². The van der Waals surface area contributed by atoms with Crippen LogP contribution < -0.4 is 0 Å². The van der Waals surface area contributed by atoms with Crippen LogP contribution in [0.4, 0.5) is 0 Å². The second kappa shape index (κ2) is 5.06. The number of rotatable bonds is 4. The van der Waals surface area contributed by atoms with Crippen LogP contribution in [0.1, 0.15) is 34.1 Å². The Hall–Kier alpha value is -0.780. The van der Waals surface area contributed by atoms with E-state index in [-0.39, 0.29) is 0 Å². The van der Waals surface area contributed by atoms with Gasteiger partial charge < -0.3 is 0 Å². The van der Waals surface area contributed by atoms with E-state index >= 15 is 0 Å². The van der Waals surface area contributed by atoms with Crippen molar-refractivity contribution >= 4 is 0 Å². The van der Waals surface area contributed by atoms with Gasteiger partial charge in [0.2, 0.25) is 0 Å². The Morgan fingerprint density at radius 2 is 1.85 bits per heavy atom. The van der Waals surface area contributed by atoms with Gasteiger partial charge in [0.1, 0.15) is 0 Å². The Kier molecular flexibility index (Phi) is 4.76. The first-order valence-corrected chi connectivity index (χ1v) is 4.92. The molecule has 1 atom stereocenters. The van der Waals surface area contributed by atoms with Crippen LogP contribution >= 0.6 is 0 Å². The lowest BCUT2D eigenvalue weighted by Gasteiger charge is -2.30. The van der Waals surface area contributed by atoms with E-state index in [1.54, 1.807) is 0 Å². The third-order valence-electron chi connectivity index (χ3n) is 2.40. The van der Waals surface area contributed by atoms with Gasteiger partial charge >= 0.3 is 0 Å². The summed E-state index contributed by atoms with van der Waals surface area (Å²) >= 11 is 0. The fourth-order valence-corrected chi connectivity index (χ4v) is 1.81. The molecule has 0 radical (unpaired) electrons. The van der Waals surface area contributed by atoms with Gasteiger partial charge in [0.05, 0.1) is 0 Å². The van der Waals surface area contributed by atoms with E-state index in [9.17, 15) is 0 Å². The molecule has 0 N–H and O–H groups in total. The van der Waals surface area contributed by atoms with Crippen molar-refractivity contribution in [2.24, 2.45) is 11.3 Å². The second-order valence-electron chi connectivity index (χ2n) is 4.43. The van der Waals surface area contributed by atoms with Crippen LogP contribution in [0.3, 0.4) is 0 Å². The molecule has 0 aromatic rings. The van der Waals surface area contributed by atoms with Crippen molar-refractivity contribution in [3.8, 4) is 0 Å². The maximum absolute atomic E-state index is 3.85. The molecule has 0 aliphatic rings. The molecule has 1 unspecified atom stereocenters. The fraction of sp³-hybridized carbons (Fsp3) is 0.538. The summed E-state index contributed by atoms with van der Waals surface area (Å²) in [5.74, 6) is 0.572. The molecule has 0 bridgehead atoms. The van der Waals surface area contributed by atoms with E-state index in [2.05, 4.69) is 46.9 Å². The van der Waals surface area contributed by atoms with Crippen LogP contribution in [0, 0.1) is 11.3 Å². The molecule has 0 saturated carbocycles. The van der Waals surface area contributed by atoms with E-state index in [1.165, 1.54) is 5.57 Å². The smallest absolute Gasteiger partial charge is 0.0116 e. The molecule has 0 spiro atoms. The van der Waals surface area contributed by atoms with Crippen molar-refractivity contribution < 1.29 is 0 Å². The first-order chi connectivity index (χ1) is 5.97. The van der Waals surface area contributed by atoms with Crippen molar-refractivity contribution in [3.63, 3.8) is 0 Å². The van der Waals surface area contributed by atoms with Crippen molar-refractivity contribution in [2.45, 2.75) is 34.1 Å². The zero-order valence-corrected chi connectivity index (χ0v) is 9.43. The van der Waals surface area contributed by atoms with Crippen molar-refractivity contribution in [3.05, 3.63) is 37.0 Å². The van der Waals surface area contributed by atoms with E-state index in [4.69, 9.17) is 0 Å². The molecule has 0 saturated heterocycles. The molecule has 0 aromatic carbocycles. The van der Waals surface area contributed by atoms with Gasteiger partial charge in [-0.2, -0.15) is 0 Å². The minimum atomic E-state index is 0.303. The third-order valence-corrected chi connectivity index (χ3v) is 2.40. The molecular formula is C13H22. The molecule has 0 aromatic heterocycles. The number of hydrogen-bond donors (Lipinski definition) is 0. The van der Waals surface area contributed by atoms with Gasteiger partial charge in [0, 0.05) is 0 Å². The van der Waals surface area contributed by atoms with E-state index in [0.717, 1.165) is 6.42 Å². The van der Waals surface area contributed by atoms with Crippen LogP contribution in [-0.2, 0) is 0 Å². The van der Waals surface area contributed by atoms with E-state index in [0.29, 0.717) is 11.3 Å². The molecule has 0 rings (SSSR count). The summed E-state index contributed by atoms with van der Waals surface area (Å²) in [5, 5.41) is 0. The Bertz CT molecular complexity index is 201. The van der Waals surface area contributed by atoms with Gasteiger partial charge in [-0.05, 0) is 23.3 Å². The highest BCUT2D eigenvalue weighted by Crippen LogP contribution is 2.34. The summed E-state index contributed by atoms with van der Waals surface area (Å²) in [6, 6.07) is 0. The molecule has 74 valence electrons. The topological polar surface area (TPSA) is 0 Å². The lowest BCUT2D eigenvalue weighted by molar-refractivity contribution is 0.276.